The van der Waals surface area contributed by atoms with Crippen molar-refractivity contribution in [1.82, 2.24) is 9.55 Å². The normalized spacial score (nSPS) is 14.1. The number of benzene rings is 2. The average Bonchev–Trinajstić information content (AvgIpc) is 3.11. The summed E-state index contributed by atoms with van der Waals surface area (Å²) in [6.07, 6.45) is 2.48. The molecule has 0 atom stereocenters. The molecule has 0 saturated carbocycles. The van der Waals surface area contributed by atoms with Gasteiger partial charge in [0.25, 0.3) is 11.2 Å². The molecule has 0 fully saturated rings. The summed E-state index contributed by atoms with van der Waals surface area (Å²) in [6.45, 7) is 0.443. The van der Waals surface area contributed by atoms with E-state index in [0.717, 1.165) is 11.1 Å². The van der Waals surface area contributed by atoms with Gasteiger partial charge in [-0.15, -0.1) is 0 Å². The van der Waals surface area contributed by atoms with Crippen molar-refractivity contribution < 1.29 is 43.6 Å². The van der Waals surface area contributed by atoms with E-state index in [1.165, 1.54) is 29.9 Å². The Balaban J connectivity index is 0.000000555. The van der Waals surface area contributed by atoms with Crippen LogP contribution in [0.2, 0.25) is 0 Å². The molecule has 0 aliphatic carbocycles. The lowest BCUT2D eigenvalue weighted by Gasteiger charge is -2.08. The zero-order valence-electron chi connectivity index (χ0n) is 16.7. The van der Waals surface area contributed by atoms with E-state index >= 15 is 0 Å². The van der Waals surface area contributed by atoms with E-state index in [0.29, 0.717) is 34.5 Å². The highest BCUT2D eigenvalue weighted by molar-refractivity contribution is 9.10. The Bertz CT molecular complexity index is 1330. The average molecular weight is 545 g/mol. The molecule has 1 aliphatic rings. The highest BCUT2D eigenvalue weighted by Gasteiger charge is 2.22. The van der Waals surface area contributed by atoms with Crippen molar-refractivity contribution in [3.05, 3.63) is 66.7 Å². The van der Waals surface area contributed by atoms with Crippen molar-refractivity contribution >= 4 is 44.2 Å². The van der Waals surface area contributed by atoms with Gasteiger partial charge in [-0.05, 0) is 41.8 Å². The van der Waals surface area contributed by atoms with Gasteiger partial charge in [0.1, 0.15) is 5.82 Å². The highest BCUT2D eigenvalue weighted by atomic mass is 79.9. The minimum Gasteiger partial charge on any atom is -0.504 e. The molecule has 1 aliphatic heterocycles. The lowest BCUT2D eigenvalue weighted by atomic mass is 10.1. The van der Waals surface area contributed by atoms with E-state index in [9.17, 15) is 20.0 Å². The molecule has 0 radical (unpaired) electrons. The number of phenolic OH excluding ortho intramolecular Hbond substituents is 1. The van der Waals surface area contributed by atoms with Crippen LogP contribution < -0.4 is 24.3 Å². The van der Waals surface area contributed by atoms with E-state index in [2.05, 4.69) is 20.9 Å². The van der Waals surface area contributed by atoms with Gasteiger partial charge in [0.05, 0.1) is 37.8 Å². The Hall–Kier alpha value is -3.07. The van der Waals surface area contributed by atoms with Crippen LogP contribution in [0, 0.1) is 20.4 Å². The predicted octanol–water partition coefficient (Wildman–Crippen LogP) is -0.398. The molecule has 14 heteroatoms. The van der Waals surface area contributed by atoms with Gasteiger partial charge in [-0.25, -0.2) is 4.98 Å². The first-order valence-electron chi connectivity index (χ1n) is 8.98. The molecule has 0 unspecified atom stereocenters. The van der Waals surface area contributed by atoms with Crippen molar-refractivity contribution in [2.45, 2.75) is 13.0 Å². The van der Waals surface area contributed by atoms with Gasteiger partial charge in [0.15, 0.2) is 11.5 Å². The van der Waals surface area contributed by atoms with Crippen molar-refractivity contribution in [1.29, 1.82) is 0 Å². The lowest BCUT2D eigenvalue weighted by molar-refractivity contribution is -1.92. The van der Waals surface area contributed by atoms with Crippen LogP contribution >= 0.6 is 15.9 Å². The smallest absolute Gasteiger partial charge is 0.270 e. The van der Waals surface area contributed by atoms with Gasteiger partial charge >= 0.3 is 0 Å². The molecular weight excluding hydrogens is 530 g/mol. The fourth-order valence-electron chi connectivity index (χ4n) is 3.28. The molecule has 0 saturated heterocycles. The zero-order chi connectivity index (χ0) is 24.5. The van der Waals surface area contributed by atoms with Gasteiger partial charge in [0, 0.05) is 23.2 Å². The van der Waals surface area contributed by atoms with Crippen LogP contribution in [0.5, 0.6) is 11.5 Å². The number of ether oxygens (including phenoxy) is 1. The number of nitrogens with zero attached hydrogens (tertiary/aromatic N) is 3. The number of rotatable bonds is 3. The Kier molecular flexibility index (Phi) is 7.02. The summed E-state index contributed by atoms with van der Waals surface area (Å²) in [7, 11) is -3.23. The van der Waals surface area contributed by atoms with Gasteiger partial charge in [-0.3, -0.25) is 19.5 Å². The molecule has 2 N–H and O–H groups in total. The van der Waals surface area contributed by atoms with E-state index in [1.807, 2.05) is 6.08 Å². The number of nitro benzene ring substituents is 1. The minimum atomic E-state index is -4.69. The van der Waals surface area contributed by atoms with Gasteiger partial charge in [0.2, 0.25) is 0 Å². The van der Waals surface area contributed by atoms with E-state index < -0.39 is 15.2 Å². The summed E-state index contributed by atoms with van der Waals surface area (Å²) in [5.41, 5.74) is 1.61. The maximum absolute atomic E-state index is 12.8. The number of non-ortho nitro benzene ring substituents is 1. The van der Waals surface area contributed by atoms with Crippen LogP contribution in [-0.2, 0) is 6.54 Å². The van der Waals surface area contributed by atoms with Gasteiger partial charge in [-0.1, -0.05) is 15.9 Å². The first-order chi connectivity index (χ1) is 15.4. The molecule has 174 valence electrons. The molecule has 0 spiro atoms. The number of phenols is 1. The number of methoxy groups -OCH3 is 1. The van der Waals surface area contributed by atoms with Crippen molar-refractivity contribution in [2.75, 3.05) is 7.11 Å². The first kappa shape index (κ1) is 24.6. The summed E-state index contributed by atoms with van der Waals surface area (Å²) in [5, 5.41) is 21.1. The maximum Gasteiger partial charge on any atom is 0.270 e. The zero-order valence-corrected chi connectivity index (χ0v) is 19.1. The predicted molar refractivity (Wildman–Crippen MR) is 110 cm³/mol. The Morgan fingerprint density at radius 1 is 1.27 bits per heavy atom. The third-order valence-electron chi connectivity index (χ3n) is 4.67. The van der Waals surface area contributed by atoms with Crippen LogP contribution in [0.25, 0.3) is 22.6 Å². The molecule has 0 amide bonds. The number of nitro groups is 1. The van der Waals surface area contributed by atoms with Crippen molar-refractivity contribution in [2.24, 2.45) is 0 Å². The number of hydrogen-bond donors (Lipinski definition) is 2. The molecule has 12 nitrogen and oxygen atoms in total. The summed E-state index contributed by atoms with van der Waals surface area (Å²) in [6, 6.07) is 7.33. The second-order valence-corrected chi connectivity index (χ2v) is 8.36. The number of fused-ring (bicyclic) bond motifs is 2. The van der Waals surface area contributed by atoms with Gasteiger partial charge < -0.3 is 9.84 Å². The largest absolute Gasteiger partial charge is 0.504 e. The highest BCUT2D eigenvalue weighted by Crippen LogP contribution is 2.36. The van der Waals surface area contributed by atoms with Crippen LogP contribution in [0.15, 0.2) is 39.6 Å². The summed E-state index contributed by atoms with van der Waals surface area (Å²) in [5.74, 6) is 0.889. The van der Waals surface area contributed by atoms with E-state index in [1.54, 1.807) is 12.1 Å². The third-order valence-corrected chi connectivity index (χ3v) is 5.36. The molecular formula is C19H15BrClN3O9. The Labute approximate surface area is 195 Å². The third kappa shape index (κ3) is 5.65. The molecule has 33 heavy (non-hydrogen) atoms. The first-order valence-corrected chi connectivity index (χ1v) is 11.0. The molecule has 4 rings (SSSR count). The Morgan fingerprint density at radius 2 is 1.94 bits per heavy atom. The second kappa shape index (κ2) is 9.43. The number of halogens is 2. The molecule has 3 aromatic rings. The summed E-state index contributed by atoms with van der Waals surface area (Å²) < 4.78 is 40.1. The molecule has 1 aromatic heterocycles. The molecule has 2 heterocycles. The molecule has 2 aromatic carbocycles. The minimum absolute atomic E-state index is 0.0188. The number of aromatic nitrogens is 2. The number of aromatic hydroxyl groups is 1. The van der Waals surface area contributed by atoms with Crippen molar-refractivity contribution in [3.63, 3.8) is 0 Å². The summed E-state index contributed by atoms with van der Waals surface area (Å²) in [4.78, 5) is 27.8. The number of hydrogen-bond acceptors (Lipinski definition) is 10. The molecule has 0 bridgehead atoms. The van der Waals surface area contributed by atoms with Crippen LogP contribution in [0.3, 0.4) is 0 Å². The Morgan fingerprint density at radius 3 is 2.55 bits per heavy atom. The van der Waals surface area contributed by atoms with Crippen LogP contribution in [0.4, 0.5) is 5.69 Å². The second-order valence-electron chi connectivity index (χ2n) is 6.71. The quantitative estimate of drug-likeness (QED) is 0.323. The van der Waals surface area contributed by atoms with E-state index in [4.69, 9.17) is 23.4 Å². The maximum atomic E-state index is 12.8. The van der Waals surface area contributed by atoms with Crippen molar-refractivity contribution in [3.8, 4) is 11.5 Å². The standard InChI is InChI=1S/C19H14BrN3O5.ClHO4/c1-28-17-7-11(14(20)9-16(17)24)6-10-4-5-22-18(10)21-15-3-2-12(23(26)27)8-13(15)19(22)25;2-1(3,4)5/h2-3,6-9,24H,4-5H2,1H3;(H,2,3,4,5)/b10-6+;. The summed E-state index contributed by atoms with van der Waals surface area (Å²) >= 11 is 3.42. The fraction of sp³-hybridized carbons (Fsp3) is 0.158. The number of allylic oxidation sites excluding steroid dienone is 1. The van der Waals surface area contributed by atoms with E-state index in [-0.39, 0.29) is 22.4 Å². The fourth-order valence-corrected chi connectivity index (χ4v) is 3.72. The monoisotopic (exact) mass is 543 g/mol. The van der Waals surface area contributed by atoms with Crippen LogP contribution in [-0.4, -0.2) is 31.3 Å². The van der Waals surface area contributed by atoms with Crippen LogP contribution in [0.1, 0.15) is 17.8 Å². The topological polar surface area (TPSA) is 197 Å². The van der Waals surface area contributed by atoms with Gasteiger partial charge in [-0.2, -0.15) is 14.0 Å². The SMILES string of the molecule is COc1cc(/C=C2\CCn3c2nc2ccc([N+](=O)[O-])cc2c3=O)c(Br)cc1O.[O-][Cl+3]([O-])([O-])O. The lowest BCUT2D eigenvalue weighted by Crippen LogP contribution is -2.58.